The summed E-state index contributed by atoms with van der Waals surface area (Å²) < 4.78 is 67.8. The molecule has 0 saturated heterocycles. The molecule has 4 N–H and O–H groups in total. The molecule has 1 atom stereocenters. The van der Waals surface area contributed by atoms with Crippen molar-refractivity contribution in [1.29, 1.82) is 0 Å². The van der Waals surface area contributed by atoms with E-state index in [1.54, 1.807) is 6.92 Å². The molecule has 0 bridgehead atoms. The van der Waals surface area contributed by atoms with Crippen molar-refractivity contribution in [3.63, 3.8) is 0 Å². The number of nitrogens with zero attached hydrogens (tertiary/aromatic N) is 3. The zero-order chi connectivity index (χ0) is 25.7. The molecule has 0 aliphatic carbocycles. The number of aryl methyl sites for hydroxylation is 2. The van der Waals surface area contributed by atoms with E-state index in [9.17, 15) is 18.7 Å². The van der Waals surface area contributed by atoms with E-state index in [-0.39, 0.29) is 22.6 Å². The van der Waals surface area contributed by atoms with Gasteiger partial charge < -0.3 is 16.2 Å². The van der Waals surface area contributed by atoms with Gasteiger partial charge in [-0.1, -0.05) is 12.1 Å². The number of hydrogen-bond acceptors (Lipinski definition) is 5. The Labute approximate surface area is 184 Å². The maximum Gasteiger partial charge on any atom is 0.257 e. The Balaban J connectivity index is 1.75. The van der Waals surface area contributed by atoms with Crippen molar-refractivity contribution in [2.24, 2.45) is 0 Å². The number of fused-ring (bicyclic) bond motifs is 1. The van der Waals surface area contributed by atoms with Crippen LogP contribution in [0.4, 0.5) is 24.7 Å². The Morgan fingerprint density at radius 2 is 2.00 bits per heavy atom. The lowest BCUT2D eigenvalue weighted by atomic mass is 10.1. The molecule has 0 fully saturated rings. The quantitative estimate of drug-likeness (QED) is 0.445. The Morgan fingerprint density at radius 1 is 1.22 bits per heavy atom. The van der Waals surface area contributed by atoms with Crippen molar-refractivity contribution in [2.75, 3.05) is 11.1 Å². The molecule has 0 aliphatic heterocycles. The summed E-state index contributed by atoms with van der Waals surface area (Å²) in [6, 6.07) is 6.70. The third-order valence-corrected chi connectivity index (χ3v) is 4.77. The number of anilines is 2. The zero-order valence-corrected chi connectivity index (χ0v) is 16.5. The number of aliphatic hydroxyl groups excluding tert-OH is 1. The van der Waals surface area contributed by atoms with Crippen LogP contribution in [-0.4, -0.2) is 25.4 Å². The van der Waals surface area contributed by atoms with Crippen LogP contribution in [0.2, 0.25) is 0 Å². The minimum atomic E-state index is -2.70. The molecule has 0 unspecified atom stereocenters. The van der Waals surface area contributed by atoms with Crippen molar-refractivity contribution in [2.45, 2.75) is 19.9 Å². The van der Waals surface area contributed by atoms with Crippen molar-refractivity contribution in [3.05, 3.63) is 77.1 Å². The number of nitrogens with one attached hydrogen (secondary N) is 1. The number of amides is 1. The van der Waals surface area contributed by atoms with E-state index in [2.05, 4.69) is 15.3 Å². The molecule has 2 heterocycles. The van der Waals surface area contributed by atoms with E-state index >= 15 is 4.39 Å². The SMILES string of the molecule is [2H]C([2H])([2H])c1nc(-c2ccc(NC(=O)[C@H](O)c3cccc(F)c3)c(F)c2F)c2c(N)nc(C)cn12. The summed E-state index contributed by atoms with van der Waals surface area (Å²) in [6.45, 7) is -1.12. The molecule has 4 rings (SSSR count). The monoisotopic (exact) mass is 444 g/mol. The predicted octanol–water partition coefficient (Wildman–Crippen LogP) is 3.68. The standard InChI is InChI=1S/C22H18F3N5O2/c1-10-9-30-11(2)28-18(19(30)21(26)27-10)14-6-7-15(17(25)16(14)24)29-22(32)20(31)12-4-3-5-13(23)8-12/h3-9,20,31H,1-2H3,(H2,26,27)(H,29,32)/t20-/m1/s1/i2D3. The van der Waals surface area contributed by atoms with Crippen LogP contribution >= 0.6 is 0 Å². The number of benzene rings is 2. The molecule has 7 nitrogen and oxygen atoms in total. The van der Waals surface area contributed by atoms with Crippen LogP contribution in [0.15, 0.2) is 42.6 Å². The second-order valence-corrected chi connectivity index (χ2v) is 7.01. The first-order chi connectivity index (χ1) is 16.4. The fourth-order valence-corrected chi connectivity index (χ4v) is 3.31. The zero-order valence-electron chi connectivity index (χ0n) is 19.5. The largest absolute Gasteiger partial charge is 0.382 e. The van der Waals surface area contributed by atoms with Gasteiger partial charge in [0.05, 0.1) is 11.4 Å². The molecule has 0 aliphatic rings. The second-order valence-electron chi connectivity index (χ2n) is 7.01. The lowest BCUT2D eigenvalue weighted by Crippen LogP contribution is -2.21. The van der Waals surface area contributed by atoms with Gasteiger partial charge in [0.1, 0.15) is 28.7 Å². The van der Waals surface area contributed by atoms with E-state index in [0.29, 0.717) is 5.69 Å². The third-order valence-electron chi connectivity index (χ3n) is 4.77. The molecule has 0 spiro atoms. The number of rotatable bonds is 4. The van der Waals surface area contributed by atoms with Crippen molar-refractivity contribution in [3.8, 4) is 11.3 Å². The van der Waals surface area contributed by atoms with Crippen LogP contribution in [0.5, 0.6) is 0 Å². The second kappa shape index (κ2) is 7.97. The highest BCUT2D eigenvalue weighted by Gasteiger charge is 2.24. The Hall–Kier alpha value is -3.92. The molecule has 0 saturated carbocycles. The van der Waals surface area contributed by atoms with Crippen molar-refractivity contribution in [1.82, 2.24) is 14.4 Å². The molecular weight excluding hydrogens is 423 g/mol. The number of halogens is 3. The van der Waals surface area contributed by atoms with Gasteiger partial charge in [0, 0.05) is 15.9 Å². The lowest BCUT2D eigenvalue weighted by Gasteiger charge is -2.13. The van der Waals surface area contributed by atoms with E-state index in [0.717, 1.165) is 28.7 Å². The van der Waals surface area contributed by atoms with E-state index in [1.807, 2.05) is 0 Å². The van der Waals surface area contributed by atoms with E-state index in [4.69, 9.17) is 9.85 Å². The highest BCUT2D eigenvalue weighted by Crippen LogP contribution is 2.33. The average molecular weight is 444 g/mol. The van der Waals surface area contributed by atoms with Gasteiger partial charge in [-0.05, 0) is 43.6 Å². The van der Waals surface area contributed by atoms with Gasteiger partial charge in [-0.15, -0.1) is 0 Å². The Morgan fingerprint density at radius 3 is 2.72 bits per heavy atom. The minimum Gasteiger partial charge on any atom is -0.382 e. The summed E-state index contributed by atoms with van der Waals surface area (Å²) in [7, 11) is 0. The van der Waals surface area contributed by atoms with Gasteiger partial charge in [-0.2, -0.15) is 0 Å². The van der Waals surface area contributed by atoms with Gasteiger partial charge in [0.2, 0.25) is 0 Å². The number of aliphatic hydroxyl groups is 1. The molecule has 0 radical (unpaired) electrons. The summed E-state index contributed by atoms with van der Waals surface area (Å²) in [6.07, 6.45) is -0.485. The first kappa shape index (κ1) is 17.7. The van der Waals surface area contributed by atoms with Gasteiger partial charge >= 0.3 is 0 Å². The predicted molar refractivity (Wildman–Crippen MR) is 112 cm³/mol. The molecule has 164 valence electrons. The number of nitrogens with two attached hydrogens (primary N) is 1. The molecule has 2 aromatic carbocycles. The Kier molecular flexibility index (Phi) is 4.41. The number of aromatic nitrogens is 3. The summed E-state index contributed by atoms with van der Waals surface area (Å²) in [4.78, 5) is 20.4. The topological polar surface area (TPSA) is 106 Å². The minimum absolute atomic E-state index is 0.0293. The van der Waals surface area contributed by atoms with Crippen molar-refractivity contribution < 1.29 is 27.2 Å². The van der Waals surface area contributed by atoms with Gasteiger partial charge in [-0.25, -0.2) is 23.1 Å². The maximum atomic E-state index is 15.1. The first-order valence-corrected chi connectivity index (χ1v) is 9.27. The molecule has 32 heavy (non-hydrogen) atoms. The van der Waals surface area contributed by atoms with E-state index < -0.39 is 53.4 Å². The smallest absolute Gasteiger partial charge is 0.257 e. The number of nitrogen functional groups attached to an aromatic ring is 1. The number of carbonyl (C=O) groups is 1. The maximum absolute atomic E-state index is 15.1. The van der Waals surface area contributed by atoms with Gasteiger partial charge in [0.25, 0.3) is 5.91 Å². The van der Waals surface area contributed by atoms with Gasteiger partial charge in [0.15, 0.2) is 17.7 Å². The Bertz CT molecular complexity index is 1470. The number of carbonyl (C=O) groups excluding carboxylic acids is 1. The third kappa shape index (κ3) is 3.65. The highest BCUT2D eigenvalue weighted by atomic mass is 19.2. The average Bonchev–Trinajstić information content (AvgIpc) is 3.16. The molecule has 2 aromatic heterocycles. The lowest BCUT2D eigenvalue weighted by molar-refractivity contribution is -0.124. The van der Waals surface area contributed by atoms with Crippen LogP contribution in [-0.2, 0) is 4.79 Å². The van der Waals surface area contributed by atoms with E-state index in [1.165, 1.54) is 18.3 Å². The summed E-state index contributed by atoms with van der Waals surface area (Å²) in [5.74, 6) is -5.31. The summed E-state index contributed by atoms with van der Waals surface area (Å²) in [5, 5.41) is 12.2. The molecular formula is C22H18F3N5O2. The molecule has 4 aromatic rings. The highest BCUT2D eigenvalue weighted by molar-refractivity contribution is 5.95. The molecule has 10 heteroatoms. The first-order valence-electron chi connectivity index (χ1n) is 10.8. The summed E-state index contributed by atoms with van der Waals surface area (Å²) in [5.41, 5.74) is 4.94. The summed E-state index contributed by atoms with van der Waals surface area (Å²) >= 11 is 0. The molecule has 1 amide bonds. The fraction of sp³-hybridized carbons (Fsp3) is 0.136. The van der Waals surface area contributed by atoms with Crippen LogP contribution < -0.4 is 11.1 Å². The number of hydrogen-bond donors (Lipinski definition) is 3. The van der Waals surface area contributed by atoms with Gasteiger partial charge in [-0.3, -0.25) is 9.20 Å². The van der Waals surface area contributed by atoms with Crippen LogP contribution in [0.25, 0.3) is 16.8 Å². The normalized spacial score (nSPS) is 14.0. The number of imidazole rings is 1. The van der Waals surface area contributed by atoms with Crippen molar-refractivity contribution >= 4 is 22.9 Å². The van der Waals surface area contributed by atoms with Crippen LogP contribution in [0, 0.1) is 31.2 Å². The fourth-order valence-electron chi connectivity index (χ4n) is 3.31. The van der Waals surface area contributed by atoms with Crippen LogP contribution in [0.1, 0.15) is 27.3 Å². The van der Waals surface area contributed by atoms with Crippen LogP contribution in [0.3, 0.4) is 0 Å².